The number of ether oxygens (including phenoxy) is 1. The van der Waals surface area contributed by atoms with E-state index in [-0.39, 0.29) is 16.9 Å². The number of fused-ring (bicyclic) bond motifs is 1. The van der Waals surface area contributed by atoms with Crippen LogP contribution in [0.15, 0.2) is 23.0 Å². The number of pyridine rings is 1. The van der Waals surface area contributed by atoms with Crippen LogP contribution in [-0.4, -0.2) is 23.2 Å². The molecule has 0 saturated heterocycles. The van der Waals surface area contributed by atoms with Crippen molar-refractivity contribution in [1.29, 1.82) is 0 Å². The molecule has 0 unspecified atom stereocenters. The maximum Gasteiger partial charge on any atom is 0.354 e. The van der Waals surface area contributed by atoms with Gasteiger partial charge in [-0.2, -0.15) is 0 Å². The Bertz CT molecular complexity index is 657. The van der Waals surface area contributed by atoms with Gasteiger partial charge in [0.25, 0.3) is 0 Å². The number of methoxy groups -OCH3 is 1. The molecular formula is C12H11NO4. The number of aromatic amines is 1. The Balaban J connectivity index is 2.84. The van der Waals surface area contributed by atoms with E-state index in [0.29, 0.717) is 16.5 Å². The third kappa shape index (κ3) is 1.75. The Hall–Kier alpha value is -2.30. The quantitative estimate of drug-likeness (QED) is 0.728. The van der Waals surface area contributed by atoms with Crippen LogP contribution in [0.25, 0.3) is 10.9 Å². The first-order valence-corrected chi connectivity index (χ1v) is 4.98. The third-order valence-electron chi connectivity index (χ3n) is 2.64. The van der Waals surface area contributed by atoms with Crippen molar-refractivity contribution in [2.75, 3.05) is 7.11 Å². The normalized spacial score (nSPS) is 10.5. The van der Waals surface area contributed by atoms with Gasteiger partial charge in [-0.05, 0) is 19.1 Å². The molecule has 2 aromatic rings. The number of hydrogen-bond donors (Lipinski definition) is 2. The van der Waals surface area contributed by atoms with Gasteiger partial charge in [0.15, 0.2) is 5.43 Å². The summed E-state index contributed by atoms with van der Waals surface area (Å²) in [6.45, 7) is 1.66. The molecule has 1 aromatic heterocycles. The smallest absolute Gasteiger partial charge is 0.354 e. The molecule has 0 radical (unpaired) electrons. The van der Waals surface area contributed by atoms with Crippen LogP contribution in [0.4, 0.5) is 0 Å². The van der Waals surface area contributed by atoms with Gasteiger partial charge in [-0.15, -0.1) is 0 Å². The van der Waals surface area contributed by atoms with Crippen molar-refractivity contribution >= 4 is 16.9 Å². The third-order valence-corrected chi connectivity index (χ3v) is 2.64. The molecule has 0 aliphatic heterocycles. The lowest BCUT2D eigenvalue weighted by Gasteiger charge is -2.06. The van der Waals surface area contributed by atoms with Crippen LogP contribution in [0.3, 0.4) is 0 Å². The topological polar surface area (TPSA) is 79.4 Å². The number of H-pyrrole nitrogens is 1. The van der Waals surface area contributed by atoms with Crippen molar-refractivity contribution in [2.24, 2.45) is 0 Å². The second-order valence-corrected chi connectivity index (χ2v) is 3.67. The van der Waals surface area contributed by atoms with Crippen molar-refractivity contribution in [3.63, 3.8) is 0 Å². The molecule has 0 saturated carbocycles. The number of benzene rings is 1. The SMILES string of the molecule is COC(=O)c1cc(=O)c2ccc(O)c(C)c2[nH]1. The molecule has 0 aliphatic rings. The Morgan fingerprint density at radius 2 is 2.12 bits per heavy atom. The van der Waals surface area contributed by atoms with Crippen molar-refractivity contribution in [2.45, 2.75) is 6.92 Å². The molecule has 5 nitrogen and oxygen atoms in total. The number of carbonyl (C=O) groups excluding carboxylic acids is 1. The number of nitrogens with one attached hydrogen (secondary N) is 1. The van der Waals surface area contributed by atoms with Crippen LogP contribution in [-0.2, 0) is 4.74 Å². The van der Waals surface area contributed by atoms with E-state index in [9.17, 15) is 14.7 Å². The number of phenols is 1. The Labute approximate surface area is 96.7 Å². The molecule has 88 valence electrons. The fraction of sp³-hybridized carbons (Fsp3) is 0.167. The van der Waals surface area contributed by atoms with E-state index < -0.39 is 5.97 Å². The molecule has 1 heterocycles. The number of carbonyl (C=O) groups is 1. The van der Waals surface area contributed by atoms with Crippen LogP contribution in [0.1, 0.15) is 16.1 Å². The van der Waals surface area contributed by atoms with Gasteiger partial charge in [0, 0.05) is 17.0 Å². The Morgan fingerprint density at radius 3 is 2.76 bits per heavy atom. The van der Waals surface area contributed by atoms with Gasteiger partial charge in [0.2, 0.25) is 0 Å². The highest BCUT2D eigenvalue weighted by atomic mass is 16.5. The molecule has 0 fully saturated rings. The summed E-state index contributed by atoms with van der Waals surface area (Å²) in [7, 11) is 1.24. The number of rotatable bonds is 1. The first-order valence-electron chi connectivity index (χ1n) is 4.98. The van der Waals surface area contributed by atoms with Gasteiger partial charge < -0.3 is 14.8 Å². The highest BCUT2D eigenvalue weighted by Gasteiger charge is 2.12. The van der Waals surface area contributed by atoms with E-state index in [0.717, 1.165) is 0 Å². The number of aromatic nitrogens is 1. The summed E-state index contributed by atoms with van der Waals surface area (Å²) in [6.07, 6.45) is 0. The van der Waals surface area contributed by atoms with Crippen molar-refractivity contribution in [3.05, 3.63) is 39.7 Å². The number of phenolic OH excluding ortho intramolecular Hbond substituents is 1. The van der Waals surface area contributed by atoms with Gasteiger partial charge in [0.05, 0.1) is 12.6 Å². The molecule has 1 aromatic carbocycles. The monoisotopic (exact) mass is 233 g/mol. The molecule has 2 rings (SSSR count). The lowest BCUT2D eigenvalue weighted by atomic mass is 10.1. The lowest BCUT2D eigenvalue weighted by Crippen LogP contribution is -2.11. The van der Waals surface area contributed by atoms with Gasteiger partial charge >= 0.3 is 5.97 Å². The molecule has 0 spiro atoms. The fourth-order valence-electron chi connectivity index (χ4n) is 1.67. The zero-order chi connectivity index (χ0) is 12.6. The van der Waals surface area contributed by atoms with Crippen LogP contribution >= 0.6 is 0 Å². The molecule has 5 heteroatoms. The van der Waals surface area contributed by atoms with Crippen molar-refractivity contribution in [1.82, 2.24) is 4.98 Å². The summed E-state index contributed by atoms with van der Waals surface area (Å²) in [5.41, 5.74) is 0.740. The second-order valence-electron chi connectivity index (χ2n) is 3.67. The van der Waals surface area contributed by atoms with Gasteiger partial charge in [-0.25, -0.2) is 4.79 Å². The number of aryl methyl sites for hydroxylation is 1. The summed E-state index contributed by atoms with van der Waals surface area (Å²) >= 11 is 0. The van der Waals surface area contributed by atoms with Gasteiger partial charge in [-0.1, -0.05) is 0 Å². The minimum absolute atomic E-state index is 0.0650. The summed E-state index contributed by atoms with van der Waals surface area (Å²) in [6, 6.07) is 4.15. The van der Waals surface area contributed by atoms with E-state index >= 15 is 0 Å². The second kappa shape index (κ2) is 3.93. The van der Waals surface area contributed by atoms with Crippen LogP contribution in [0, 0.1) is 6.92 Å². The summed E-state index contributed by atoms with van der Waals surface area (Å²) in [4.78, 5) is 25.9. The van der Waals surface area contributed by atoms with E-state index in [1.807, 2.05) is 0 Å². The predicted octanol–water partition coefficient (Wildman–Crippen LogP) is 1.33. The van der Waals surface area contributed by atoms with Crippen LogP contribution < -0.4 is 5.43 Å². The van der Waals surface area contributed by atoms with E-state index in [2.05, 4.69) is 9.72 Å². The standard InChI is InChI=1S/C12H11NO4/c1-6-9(14)4-3-7-10(15)5-8(12(16)17-2)13-11(6)7/h3-5,14H,1-2H3,(H,13,15). The molecule has 0 bridgehead atoms. The van der Waals surface area contributed by atoms with Crippen LogP contribution in [0.2, 0.25) is 0 Å². The van der Waals surface area contributed by atoms with Gasteiger partial charge in [0.1, 0.15) is 11.4 Å². The fourth-order valence-corrected chi connectivity index (χ4v) is 1.67. The number of esters is 1. The minimum atomic E-state index is -0.619. The summed E-state index contributed by atoms with van der Waals surface area (Å²) in [5.74, 6) is -0.554. The van der Waals surface area contributed by atoms with E-state index in [1.54, 1.807) is 6.92 Å². The lowest BCUT2D eigenvalue weighted by molar-refractivity contribution is 0.0594. The largest absolute Gasteiger partial charge is 0.508 e. The highest BCUT2D eigenvalue weighted by Crippen LogP contribution is 2.22. The molecule has 0 amide bonds. The summed E-state index contributed by atoms with van der Waals surface area (Å²) < 4.78 is 4.54. The molecule has 0 atom stereocenters. The molecular weight excluding hydrogens is 222 g/mol. The zero-order valence-electron chi connectivity index (χ0n) is 9.40. The predicted molar refractivity (Wildman–Crippen MR) is 62.3 cm³/mol. The number of aromatic hydroxyl groups is 1. The number of hydrogen-bond acceptors (Lipinski definition) is 4. The van der Waals surface area contributed by atoms with E-state index in [1.165, 1.54) is 25.3 Å². The maximum absolute atomic E-state index is 11.8. The average Bonchev–Trinajstić information content (AvgIpc) is 2.33. The van der Waals surface area contributed by atoms with E-state index in [4.69, 9.17) is 0 Å². The van der Waals surface area contributed by atoms with Crippen LogP contribution in [0.5, 0.6) is 5.75 Å². The zero-order valence-corrected chi connectivity index (χ0v) is 9.40. The minimum Gasteiger partial charge on any atom is -0.508 e. The summed E-state index contributed by atoms with van der Waals surface area (Å²) in [5, 5.41) is 9.98. The average molecular weight is 233 g/mol. The van der Waals surface area contributed by atoms with Crippen molar-refractivity contribution in [3.8, 4) is 5.75 Å². The first-order chi connectivity index (χ1) is 8.04. The highest BCUT2D eigenvalue weighted by molar-refractivity contribution is 5.92. The van der Waals surface area contributed by atoms with Gasteiger partial charge in [-0.3, -0.25) is 4.79 Å². The molecule has 17 heavy (non-hydrogen) atoms. The molecule has 2 N–H and O–H groups in total. The first kappa shape index (κ1) is 11.2. The molecule has 0 aliphatic carbocycles. The van der Waals surface area contributed by atoms with Crippen molar-refractivity contribution < 1.29 is 14.6 Å². The maximum atomic E-state index is 11.8. The Kier molecular flexibility index (Phi) is 2.59. The Morgan fingerprint density at radius 1 is 1.41 bits per heavy atom.